The molecule has 3 atom stereocenters. The Bertz CT molecular complexity index is 489. The van der Waals surface area contributed by atoms with Gasteiger partial charge in [0, 0.05) is 18.8 Å². The van der Waals surface area contributed by atoms with Gasteiger partial charge in [-0.05, 0) is 19.3 Å². The van der Waals surface area contributed by atoms with E-state index in [1.807, 2.05) is 0 Å². The Kier molecular flexibility index (Phi) is 4.98. The van der Waals surface area contributed by atoms with Crippen LogP contribution in [-0.2, 0) is 14.4 Å². The molecule has 22 heavy (non-hydrogen) atoms. The minimum atomic E-state index is -1.05. The van der Waals surface area contributed by atoms with Crippen LogP contribution < -0.4 is 11.5 Å². The molecule has 124 valence electrons. The topological polar surface area (TPSA) is 130 Å². The number of thiol groups is 1. The second-order valence-electron chi connectivity index (χ2n) is 5.76. The van der Waals surface area contributed by atoms with Gasteiger partial charge in [-0.2, -0.15) is 12.6 Å². The van der Waals surface area contributed by atoms with Crippen LogP contribution in [0.25, 0.3) is 0 Å². The molecular weight excluding hydrogens is 308 g/mol. The molecule has 0 aliphatic carbocycles. The van der Waals surface area contributed by atoms with Crippen LogP contribution in [0.1, 0.15) is 19.3 Å². The third-order valence-electron chi connectivity index (χ3n) is 4.57. The highest BCUT2D eigenvalue weighted by molar-refractivity contribution is 7.80. The number of carbonyl (C=O) groups is 3. The number of primary amides is 1. The van der Waals surface area contributed by atoms with Crippen molar-refractivity contribution in [3.05, 3.63) is 0 Å². The van der Waals surface area contributed by atoms with Gasteiger partial charge in [-0.15, -0.1) is 0 Å². The second-order valence-corrected chi connectivity index (χ2v) is 6.13. The van der Waals surface area contributed by atoms with Crippen molar-refractivity contribution in [1.82, 2.24) is 9.80 Å². The summed E-state index contributed by atoms with van der Waals surface area (Å²) in [6.45, 7) is 0.217. The molecule has 0 aromatic heterocycles. The monoisotopic (exact) mass is 330 g/mol. The SMILES string of the molecule is NC(=O)[C@H](CO)N1CCC2(CCCN2C(=O)[C@@H](N)CS)C1=O. The number of likely N-dealkylation sites (tertiary alicyclic amines) is 2. The number of hydrogen-bond acceptors (Lipinski definition) is 6. The number of hydrogen-bond donors (Lipinski definition) is 4. The van der Waals surface area contributed by atoms with Crippen LogP contribution in [0.2, 0.25) is 0 Å². The maximum absolute atomic E-state index is 12.8. The van der Waals surface area contributed by atoms with E-state index in [1.54, 1.807) is 0 Å². The Morgan fingerprint density at radius 3 is 2.59 bits per heavy atom. The number of carbonyl (C=O) groups excluding carboxylic acids is 3. The minimum Gasteiger partial charge on any atom is -0.394 e. The molecule has 2 aliphatic heterocycles. The van der Waals surface area contributed by atoms with Gasteiger partial charge in [-0.25, -0.2) is 0 Å². The first-order chi connectivity index (χ1) is 10.4. The molecule has 5 N–H and O–H groups in total. The van der Waals surface area contributed by atoms with Crippen LogP contribution in [0.4, 0.5) is 0 Å². The van der Waals surface area contributed by atoms with Crippen molar-refractivity contribution in [3.63, 3.8) is 0 Å². The standard InChI is InChI=1S/C13H22N4O4S/c14-8(7-22)11(20)17-4-1-2-13(17)3-5-16(12(13)21)9(6-18)10(15)19/h8-9,18,22H,1-7,14H2,(H2,15,19)/t8-,9-,13?/m0/s1. The Labute approximate surface area is 134 Å². The molecule has 2 aliphatic rings. The first kappa shape index (κ1) is 17.0. The Hall–Kier alpha value is -1.32. The van der Waals surface area contributed by atoms with Crippen molar-refractivity contribution in [1.29, 1.82) is 0 Å². The normalized spacial score (nSPS) is 27.5. The van der Waals surface area contributed by atoms with E-state index in [2.05, 4.69) is 12.6 Å². The first-order valence-corrected chi connectivity index (χ1v) is 7.91. The van der Waals surface area contributed by atoms with Crippen molar-refractivity contribution in [3.8, 4) is 0 Å². The summed E-state index contributed by atoms with van der Waals surface area (Å²) in [5, 5.41) is 9.30. The summed E-state index contributed by atoms with van der Waals surface area (Å²) in [5.41, 5.74) is 10.0. The van der Waals surface area contributed by atoms with E-state index < -0.39 is 30.1 Å². The summed E-state index contributed by atoms with van der Waals surface area (Å²) in [6, 6.07) is -1.81. The number of amides is 3. The van der Waals surface area contributed by atoms with Crippen molar-refractivity contribution in [2.45, 2.75) is 36.9 Å². The minimum absolute atomic E-state index is 0.198. The molecule has 9 heteroatoms. The van der Waals surface area contributed by atoms with Gasteiger partial charge in [0.1, 0.15) is 11.6 Å². The summed E-state index contributed by atoms with van der Waals surface area (Å²) >= 11 is 4.03. The van der Waals surface area contributed by atoms with Crippen LogP contribution in [0.3, 0.4) is 0 Å². The van der Waals surface area contributed by atoms with E-state index in [-0.39, 0.29) is 24.1 Å². The van der Waals surface area contributed by atoms with Gasteiger partial charge in [-0.3, -0.25) is 14.4 Å². The molecule has 1 spiro atoms. The second kappa shape index (κ2) is 6.43. The van der Waals surface area contributed by atoms with Crippen LogP contribution in [0, 0.1) is 0 Å². The molecule has 0 bridgehead atoms. The van der Waals surface area contributed by atoms with Gasteiger partial charge in [0.2, 0.25) is 17.7 Å². The zero-order valence-electron chi connectivity index (χ0n) is 12.3. The Morgan fingerprint density at radius 2 is 2.05 bits per heavy atom. The van der Waals surface area contributed by atoms with E-state index >= 15 is 0 Å². The highest BCUT2D eigenvalue weighted by atomic mass is 32.1. The molecule has 2 heterocycles. The molecule has 3 amide bonds. The fourth-order valence-electron chi connectivity index (χ4n) is 3.38. The van der Waals surface area contributed by atoms with Crippen LogP contribution in [0.15, 0.2) is 0 Å². The van der Waals surface area contributed by atoms with Crippen molar-refractivity contribution >= 4 is 30.4 Å². The maximum atomic E-state index is 12.8. The van der Waals surface area contributed by atoms with Crippen molar-refractivity contribution in [2.24, 2.45) is 11.5 Å². The zero-order valence-corrected chi connectivity index (χ0v) is 13.2. The lowest BCUT2D eigenvalue weighted by Gasteiger charge is -2.35. The summed E-state index contributed by atoms with van der Waals surface area (Å²) in [6.07, 6.45) is 1.65. The zero-order chi connectivity index (χ0) is 16.5. The molecular formula is C13H22N4O4S. The fourth-order valence-corrected chi connectivity index (χ4v) is 3.54. The number of nitrogens with two attached hydrogens (primary N) is 2. The number of nitrogens with zero attached hydrogens (tertiary/aromatic N) is 2. The lowest BCUT2D eigenvalue weighted by Crippen LogP contribution is -2.59. The molecule has 0 radical (unpaired) electrons. The predicted molar refractivity (Wildman–Crippen MR) is 81.9 cm³/mol. The first-order valence-electron chi connectivity index (χ1n) is 7.28. The van der Waals surface area contributed by atoms with E-state index in [1.165, 1.54) is 9.80 Å². The summed E-state index contributed by atoms with van der Waals surface area (Å²) in [7, 11) is 0. The maximum Gasteiger partial charge on any atom is 0.249 e. The molecule has 8 nitrogen and oxygen atoms in total. The van der Waals surface area contributed by atoms with Crippen LogP contribution >= 0.6 is 12.6 Å². The average Bonchev–Trinajstić information content (AvgIpc) is 3.06. The molecule has 2 saturated heterocycles. The largest absolute Gasteiger partial charge is 0.394 e. The number of aliphatic hydroxyl groups excluding tert-OH is 1. The lowest BCUT2D eigenvalue weighted by molar-refractivity contribution is -0.149. The van der Waals surface area contributed by atoms with Crippen LogP contribution in [-0.4, -0.2) is 75.7 Å². The van der Waals surface area contributed by atoms with E-state index in [4.69, 9.17) is 11.5 Å². The summed E-state index contributed by atoms with van der Waals surface area (Å²) in [4.78, 5) is 39.4. The Balaban J connectivity index is 2.25. The molecule has 2 rings (SSSR count). The van der Waals surface area contributed by atoms with Crippen molar-refractivity contribution < 1.29 is 19.5 Å². The van der Waals surface area contributed by atoms with Gasteiger partial charge in [0.25, 0.3) is 0 Å². The third kappa shape index (κ3) is 2.57. The van der Waals surface area contributed by atoms with E-state index in [9.17, 15) is 19.5 Å². The Morgan fingerprint density at radius 1 is 1.36 bits per heavy atom. The third-order valence-corrected chi connectivity index (χ3v) is 4.96. The van der Waals surface area contributed by atoms with Gasteiger partial charge in [0.05, 0.1) is 12.6 Å². The molecule has 1 unspecified atom stereocenters. The number of rotatable bonds is 5. The highest BCUT2D eigenvalue weighted by Crippen LogP contribution is 2.39. The van der Waals surface area contributed by atoms with Crippen molar-refractivity contribution in [2.75, 3.05) is 25.4 Å². The number of aliphatic hydroxyl groups is 1. The van der Waals surface area contributed by atoms with Gasteiger partial charge < -0.3 is 26.4 Å². The quantitative estimate of drug-likeness (QED) is 0.421. The lowest BCUT2D eigenvalue weighted by atomic mass is 9.93. The smallest absolute Gasteiger partial charge is 0.249 e. The van der Waals surface area contributed by atoms with E-state index in [0.717, 1.165) is 0 Å². The fraction of sp³-hybridized carbons (Fsp3) is 0.769. The molecule has 0 aromatic rings. The summed E-state index contributed by atoms with van der Waals surface area (Å²) in [5.74, 6) is -1.19. The van der Waals surface area contributed by atoms with Gasteiger partial charge in [-0.1, -0.05) is 0 Å². The molecule has 0 saturated carbocycles. The molecule has 0 aromatic carbocycles. The van der Waals surface area contributed by atoms with Gasteiger partial charge >= 0.3 is 0 Å². The predicted octanol–water partition coefficient (Wildman–Crippen LogP) is -2.32. The van der Waals surface area contributed by atoms with Crippen LogP contribution in [0.5, 0.6) is 0 Å². The highest BCUT2D eigenvalue weighted by Gasteiger charge is 2.56. The average molecular weight is 330 g/mol. The molecule has 2 fully saturated rings. The van der Waals surface area contributed by atoms with E-state index in [0.29, 0.717) is 25.8 Å². The van der Waals surface area contributed by atoms with Gasteiger partial charge in [0.15, 0.2) is 0 Å². The summed E-state index contributed by atoms with van der Waals surface area (Å²) < 4.78 is 0.